The Morgan fingerprint density at radius 1 is 1.12 bits per heavy atom. The number of anilines is 1. The zero-order chi connectivity index (χ0) is 25.0. The minimum absolute atomic E-state index is 0.0843. The van der Waals surface area contributed by atoms with E-state index in [-0.39, 0.29) is 17.0 Å². The molecule has 0 aromatic carbocycles. The van der Waals surface area contributed by atoms with Crippen molar-refractivity contribution in [2.75, 3.05) is 24.5 Å². The summed E-state index contributed by atoms with van der Waals surface area (Å²) >= 11 is 6.82. The summed E-state index contributed by atoms with van der Waals surface area (Å²) in [6, 6.07) is 2.14. The Morgan fingerprint density at radius 2 is 1.74 bits per heavy atom. The number of thioether (sulfide) groups is 1. The topological polar surface area (TPSA) is 69.3 Å². The number of unbranched alkanes of at least 4 members (excludes halogenated alkanes) is 2. The number of carbonyl (C=O) groups excluding carboxylic acids is 1. The molecule has 1 aromatic heterocycles. The second kappa shape index (κ2) is 11.5. The molecule has 2 saturated heterocycles. The zero-order valence-electron chi connectivity index (χ0n) is 21.0. The molecule has 3 rings (SSSR count). The van der Waals surface area contributed by atoms with Crippen LogP contribution in [-0.2, 0) is 11.3 Å². The lowest BCUT2D eigenvalue weighted by Crippen LogP contribution is -2.43. The number of piperidine rings is 1. The summed E-state index contributed by atoms with van der Waals surface area (Å²) in [5.41, 5.74) is 1.36. The van der Waals surface area contributed by atoms with Crippen LogP contribution < -0.4 is 10.5 Å². The highest BCUT2D eigenvalue weighted by Crippen LogP contribution is 2.37. The highest BCUT2D eigenvalue weighted by atomic mass is 32.2. The SMILES string of the molecule is CCCCN1C(=O)/C(=C/c2c(C)c(C#N)c(=O)n(CCCC)c2N2CC(C)CC(C)C2)SC1=S. The van der Waals surface area contributed by atoms with Gasteiger partial charge in [0, 0.05) is 31.7 Å². The van der Waals surface area contributed by atoms with Crippen molar-refractivity contribution in [3.8, 4) is 6.07 Å². The summed E-state index contributed by atoms with van der Waals surface area (Å²) in [7, 11) is 0. The van der Waals surface area contributed by atoms with E-state index in [1.807, 2.05) is 13.0 Å². The number of aromatic nitrogens is 1. The fourth-order valence-electron chi connectivity index (χ4n) is 4.98. The van der Waals surface area contributed by atoms with Crippen molar-refractivity contribution in [2.24, 2.45) is 11.8 Å². The van der Waals surface area contributed by atoms with Gasteiger partial charge in [0.25, 0.3) is 11.5 Å². The highest BCUT2D eigenvalue weighted by Gasteiger charge is 2.33. The van der Waals surface area contributed by atoms with Crippen LogP contribution in [-0.4, -0.2) is 39.3 Å². The molecule has 0 spiro atoms. The molecule has 0 bridgehead atoms. The third-order valence-electron chi connectivity index (χ3n) is 6.63. The second-order valence-corrected chi connectivity index (χ2v) is 11.4. The predicted molar refractivity (Wildman–Crippen MR) is 145 cm³/mol. The summed E-state index contributed by atoms with van der Waals surface area (Å²) in [5.74, 6) is 1.75. The van der Waals surface area contributed by atoms with Crippen LogP contribution in [0.3, 0.4) is 0 Å². The first-order chi connectivity index (χ1) is 16.2. The van der Waals surface area contributed by atoms with E-state index in [9.17, 15) is 14.9 Å². The minimum Gasteiger partial charge on any atom is -0.357 e. The standard InChI is InChI=1S/C26H36N4O2S2/c1-6-8-10-29-23(28-15-17(3)12-18(4)16-28)20(19(5)21(14-27)24(29)31)13-22-25(32)30(11-9-7-2)26(33)34-22/h13,17-18H,6-12,15-16H2,1-5H3/b22-13-. The van der Waals surface area contributed by atoms with Crippen LogP contribution in [0, 0.1) is 30.1 Å². The molecule has 1 amide bonds. The fraction of sp³-hybridized carbons (Fsp3) is 0.615. The molecule has 34 heavy (non-hydrogen) atoms. The molecular weight excluding hydrogens is 464 g/mol. The third-order valence-corrected chi connectivity index (χ3v) is 8.01. The number of hydrogen-bond donors (Lipinski definition) is 0. The van der Waals surface area contributed by atoms with E-state index in [0.29, 0.717) is 39.7 Å². The van der Waals surface area contributed by atoms with Crippen molar-refractivity contribution < 1.29 is 4.79 Å². The molecule has 8 heteroatoms. The second-order valence-electron chi connectivity index (χ2n) is 9.70. The quantitative estimate of drug-likeness (QED) is 0.356. The van der Waals surface area contributed by atoms with Crippen LogP contribution in [0.1, 0.15) is 76.5 Å². The lowest BCUT2D eigenvalue weighted by molar-refractivity contribution is -0.122. The predicted octanol–water partition coefficient (Wildman–Crippen LogP) is 5.31. The number of hydrogen-bond acceptors (Lipinski definition) is 6. The maximum Gasteiger partial charge on any atom is 0.270 e. The number of thiocarbonyl (C=S) groups is 1. The van der Waals surface area contributed by atoms with Crippen LogP contribution in [0.5, 0.6) is 0 Å². The average Bonchev–Trinajstić information content (AvgIpc) is 3.05. The number of nitriles is 1. The monoisotopic (exact) mass is 500 g/mol. The average molecular weight is 501 g/mol. The lowest BCUT2D eigenvalue weighted by Gasteiger charge is -2.39. The normalized spacial score (nSPS) is 22.1. The van der Waals surface area contributed by atoms with E-state index < -0.39 is 0 Å². The Labute approximate surface area is 213 Å². The number of nitrogens with zero attached hydrogens (tertiary/aromatic N) is 4. The van der Waals surface area contributed by atoms with Crippen molar-refractivity contribution in [2.45, 2.75) is 73.3 Å². The van der Waals surface area contributed by atoms with Gasteiger partial charge in [-0.25, -0.2) is 0 Å². The van der Waals surface area contributed by atoms with Gasteiger partial charge >= 0.3 is 0 Å². The summed E-state index contributed by atoms with van der Waals surface area (Å²) in [6.07, 6.45) is 6.70. The van der Waals surface area contributed by atoms with Gasteiger partial charge in [0.15, 0.2) is 0 Å². The third kappa shape index (κ3) is 5.41. The number of pyridine rings is 1. The van der Waals surface area contributed by atoms with E-state index in [1.54, 1.807) is 9.47 Å². The Balaban J connectivity index is 2.22. The molecule has 2 unspecified atom stereocenters. The lowest BCUT2D eigenvalue weighted by atomic mass is 9.91. The zero-order valence-corrected chi connectivity index (χ0v) is 22.7. The summed E-state index contributed by atoms with van der Waals surface area (Å²) in [6.45, 7) is 13.4. The molecule has 2 aliphatic rings. The van der Waals surface area contributed by atoms with Gasteiger partial charge in [-0.3, -0.25) is 19.1 Å². The number of rotatable bonds is 8. The van der Waals surface area contributed by atoms with Gasteiger partial charge in [-0.15, -0.1) is 0 Å². The van der Waals surface area contributed by atoms with Crippen molar-refractivity contribution in [1.82, 2.24) is 9.47 Å². The van der Waals surface area contributed by atoms with E-state index in [2.05, 4.69) is 38.7 Å². The minimum atomic E-state index is -0.234. The summed E-state index contributed by atoms with van der Waals surface area (Å²) in [4.78, 5) is 31.2. The Kier molecular flexibility index (Phi) is 9.00. The van der Waals surface area contributed by atoms with Crippen molar-refractivity contribution in [3.63, 3.8) is 0 Å². The van der Waals surface area contributed by atoms with Crippen molar-refractivity contribution in [3.05, 3.63) is 31.9 Å². The van der Waals surface area contributed by atoms with Crippen LogP contribution >= 0.6 is 24.0 Å². The van der Waals surface area contributed by atoms with Crippen LogP contribution in [0.15, 0.2) is 9.70 Å². The smallest absolute Gasteiger partial charge is 0.270 e. The van der Waals surface area contributed by atoms with Gasteiger partial charge in [0.2, 0.25) is 0 Å². The Bertz CT molecular complexity index is 1080. The Hall–Kier alpha value is -2.11. The van der Waals surface area contributed by atoms with Crippen LogP contribution in [0.4, 0.5) is 5.82 Å². The first kappa shape index (κ1) is 26.5. The van der Waals surface area contributed by atoms with Crippen molar-refractivity contribution in [1.29, 1.82) is 5.26 Å². The fourth-order valence-corrected chi connectivity index (χ4v) is 6.27. The van der Waals surface area contributed by atoms with Gasteiger partial charge < -0.3 is 4.90 Å². The van der Waals surface area contributed by atoms with E-state index in [1.165, 1.54) is 11.8 Å². The molecule has 6 nitrogen and oxygen atoms in total. The van der Waals surface area contributed by atoms with Gasteiger partial charge in [-0.05, 0) is 49.7 Å². The van der Waals surface area contributed by atoms with Gasteiger partial charge in [-0.2, -0.15) is 5.26 Å². The van der Waals surface area contributed by atoms with Crippen LogP contribution in [0.2, 0.25) is 0 Å². The summed E-state index contributed by atoms with van der Waals surface area (Å²) < 4.78 is 2.35. The van der Waals surface area contributed by atoms with E-state index >= 15 is 0 Å². The van der Waals surface area contributed by atoms with Crippen LogP contribution in [0.25, 0.3) is 6.08 Å². The molecule has 0 N–H and O–H groups in total. The van der Waals surface area contributed by atoms with Gasteiger partial charge in [-0.1, -0.05) is 64.5 Å². The molecule has 3 heterocycles. The largest absolute Gasteiger partial charge is 0.357 e. The molecule has 0 saturated carbocycles. The maximum absolute atomic E-state index is 13.4. The maximum atomic E-state index is 13.4. The molecule has 0 aliphatic carbocycles. The number of carbonyl (C=O) groups is 1. The molecule has 184 valence electrons. The van der Waals surface area contributed by atoms with E-state index in [4.69, 9.17) is 12.2 Å². The van der Waals surface area contributed by atoms with Gasteiger partial charge in [0.1, 0.15) is 21.8 Å². The van der Waals surface area contributed by atoms with Gasteiger partial charge in [0.05, 0.1) is 4.91 Å². The molecule has 0 radical (unpaired) electrons. The molecule has 2 fully saturated rings. The number of amides is 1. The van der Waals surface area contributed by atoms with Crippen molar-refractivity contribution >= 4 is 46.1 Å². The summed E-state index contributed by atoms with van der Waals surface area (Å²) in [5, 5.41) is 9.85. The molecular formula is C26H36N4O2S2. The highest BCUT2D eigenvalue weighted by molar-refractivity contribution is 8.26. The molecule has 2 atom stereocenters. The molecule has 2 aliphatic heterocycles. The Morgan fingerprint density at radius 3 is 2.32 bits per heavy atom. The first-order valence-corrected chi connectivity index (χ1v) is 13.6. The molecule has 1 aromatic rings. The van der Waals surface area contributed by atoms with E-state index in [0.717, 1.165) is 56.6 Å². The first-order valence-electron chi connectivity index (χ1n) is 12.4.